The van der Waals surface area contributed by atoms with Crippen molar-refractivity contribution in [1.29, 1.82) is 0 Å². The summed E-state index contributed by atoms with van der Waals surface area (Å²) in [5.41, 5.74) is 0.585. The molecule has 0 fully saturated rings. The Morgan fingerprint density at radius 2 is 2.11 bits per heavy atom. The largest absolute Gasteiger partial charge is 0.334 e. The van der Waals surface area contributed by atoms with Gasteiger partial charge in [-0.2, -0.15) is 0 Å². The first-order valence-electron chi connectivity index (χ1n) is 6.01. The molecular formula is C14H16N2O2S. The van der Waals surface area contributed by atoms with Crippen LogP contribution < -0.4 is 5.56 Å². The number of aromatic nitrogens is 1. The smallest absolute Gasteiger partial charge is 0.260 e. The van der Waals surface area contributed by atoms with Crippen molar-refractivity contribution in [2.45, 2.75) is 19.9 Å². The van der Waals surface area contributed by atoms with Gasteiger partial charge in [0.15, 0.2) is 0 Å². The number of aromatic amines is 1. The van der Waals surface area contributed by atoms with Crippen molar-refractivity contribution < 1.29 is 4.79 Å². The van der Waals surface area contributed by atoms with Crippen LogP contribution in [-0.4, -0.2) is 22.8 Å². The number of nitrogens with zero attached hydrogens (tertiary/aromatic N) is 1. The van der Waals surface area contributed by atoms with Gasteiger partial charge in [-0.05, 0) is 37.4 Å². The number of thiophene rings is 1. The summed E-state index contributed by atoms with van der Waals surface area (Å²) in [6, 6.07) is 7.20. The summed E-state index contributed by atoms with van der Waals surface area (Å²) in [4.78, 5) is 29.5. The second kappa shape index (κ2) is 5.40. The fourth-order valence-electron chi connectivity index (χ4n) is 1.83. The van der Waals surface area contributed by atoms with E-state index < -0.39 is 0 Å². The maximum absolute atomic E-state index is 12.3. The van der Waals surface area contributed by atoms with Crippen molar-refractivity contribution in [1.82, 2.24) is 9.88 Å². The van der Waals surface area contributed by atoms with Crippen LogP contribution in [0.4, 0.5) is 0 Å². The van der Waals surface area contributed by atoms with Crippen molar-refractivity contribution in [2.75, 3.05) is 7.05 Å². The van der Waals surface area contributed by atoms with Crippen molar-refractivity contribution in [3.63, 3.8) is 0 Å². The maximum atomic E-state index is 12.3. The molecule has 19 heavy (non-hydrogen) atoms. The summed E-state index contributed by atoms with van der Waals surface area (Å²) in [6.45, 7) is 3.74. The van der Waals surface area contributed by atoms with Gasteiger partial charge in [0.1, 0.15) is 5.56 Å². The molecule has 0 saturated heterocycles. The monoisotopic (exact) mass is 276 g/mol. The van der Waals surface area contributed by atoms with E-state index in [2.05, 4.69) is 4.98 Å². The first kappa shape index (κ1) is 13.5. The fraction of sp³-hybridized carbons (Fsp3) is 0.286. The van der Waals surface area contributed by atoms with E-state index in [0.29, 0.717) is 0 Å². The zero-order valence-electron chi connectivity index (χ0n) is 11.1. The summed E-state index contributed by atoms with van der Waals surface area (Å²) in [5, 5.41) is 1.98. The Bertz CT molecular complexity index is 631. The SMILES string of the molecule is Cc1ccc(C(=O)N(C)C(C)c2cccs2)c(=O)[nH]1. The van der Waals surface area contributed by atoms with E-state index in [1.165, 1.54) is 0 Å². The van der Waals surface area contributed by atoms with E-state index in [-0.39, 0.29) is 23.1 Å². The molecule has 0 aliphatic rings. The van der Waals surface area contributed by atoms with Crippen LogP contribution >= 0.6 is 11.3 Å². The van der Waals surface area contributed by atoms with Gasteiger partial charge in [0.2, 0.25) is 0 Å². The lowest BCUT2D eigenvalue weighted by Gasteiger charge is -2.23. The zero-order valence-corrected chi connectivity index (χ0v) is 12.0. The van der Waals surface area contributed by atoms with E-state index in [4.69, 9.17) is 0 Å². The van der Waals surface area contributed by atoms with E-state index in [1.54, 1.807) is 42.3 Å². The molecule has 2 aromatic rings. The average molecular weight is 276 g/mol. The highest BCUT2D eigenvalue weighted by molar-refractivity contribution is 7.10. The van der Waals surface area contributed by atoms with Gasteiger partial charge in [0.25, 0.3) is 11.5 Å². The molecule has 0 spiro atoms. The minimum atomic E-state index is -0.338. The molecule has 0 bridgehead atoms. The fourth-order valence-corrected chi connectivity index (χ4v) is 2.65. The van der Waals surface area contributed by atoms with E-state index >= 15 is 0 Å². The molecule has 100 valence electrons. The Kier molecular flexibility index (Phi) is 3.85. The van der Waals surface area contributed by atoms with E-state index in [1.807, 2.05) is 24.4 Å². The van der Waals surface area contributed by atoms with Crippen LogP contribution in [0.15, 0.2) is 34.4 Å². The molecule has 0 aliphatic heterocycles. The highest BCUT2D eigenvalue weighted by Gasteiger charge is 2.21. The molecule has 1 atom stereocenters. The minimum Gasteiger partial charge on any atom is -0.334 e. The topological polar surface area (TPSA) is 53.2 Å². The van der Waals surface area contributed by atoms with Crippen molar-refractivity contribution in [3.05, 3.63) is 56.1 Å². The first-order valence-corrected chi connectivity index (χ1v) is 6.89. The molecule has 1 unspecified atom stereocenters. The quantitative estimate of drug-likeness (QED) is 0.936. The number of H-pyrrole nitrogens is 1. The minimum absolute atomic E-state index is 0.0480. The Hall–Kier alpha value is -1.88. The Morgan fingerprint density at radius 3 is 2.68 bits per heavy atom. The lowest BCUT2D eigenvalue weighted by molar-refractivity contribution is 0.0743. The summed E-state index contributed by atoms with van der Waals surface area (Å²) < 4.78 is 0. The highest BCUT2D eigenvalue weighted by Crippen LogP contribution is 2.24. The molecule has 2 heterocycles. The van der Waals surface area contributed by atoms with Gasteiger partial charge in [-0.1, -0.05) is 6.07 Å². The summed E-state index contributed by atoms with van der Waals surface area (Å²) in [7, 11) is 1.71. The molecule has 0 saturated carbocycles. The lowest BCUT2D eigenvalue weighted by Crippen LogP contribution is -2.33. The molecule has 0 aliphatic carbocycles. The van der Waals surface area contributed by atoms with Gasteiger partial charge in [-0.15, -0.1) is 11.3 Å². The summed E-state index contributed by atoms with van der Waals surface area (Å²) in [5.74, 6) is -0.262. The number of carbonyl (C=O) groups excluding carboxylic acids is 1. The Balaban J connectivity index is 2.26. The van der Waals surface area contributed by atoms with E-state index in [9.17, 15) is 9.59 Å². The molecule has 2 aromatic heterocycles. The van der Waals surface area contributed by atoms with Gasteiger partial charge >= 0.3 is 0 Å². The molecule has 5 heteroatoms. The Morgan fingerprint density at radius 1 is 1.37 bits per heavy atom. The van der Waals surface area contributed by atoms with Crippen LogP contribution in [0.2, 0.25) is 0 Å². The molecular weight excluding hydrogens is 260 g/mol. The summed E-state index contributed by atoms with van der Waals surface area (Å²) in [6.07, 6.45) is 0. The van der Waals surface area contributed by atoms with Crippen LogP contribution in [0.3, 0.4) is 0 Å². The lowest BCUT2D eigenvalue weighted by atomic mass is 10.2. The van der Waals surface area contributed by atoms with Gasteiger partial charge in [0.05, 0.1) is 6.04 Å². The van der Waals surface area contributed by atoms with Crippen LogP contribution in [-0.2, 0) is 0 Å². The van der Waals surface area contributed by atoms with Gasteiger partial charge in [-0.3, -0.25) is 9.59 Å². The van der Waals surface area contributed by atoms with Gasteiger partial charge < -0.3 is 9.88 Å². The molecule has 1 N–H and O–H groups in total. The molecule has 2 rings (SSSR count). The van der Waals surface area contributed by atoms with Crippen LogP contribution in [0.1, 0.15) is 33.9 Å². The molecule has 0 aromatic carbocycles. The second-order valence-electron chi connectivity index (χ2n) is 4.49. The Labute approximate surface area is 115 Å². The van der Waals surface area contributed by atoms with Crippen LogP contribution in [0.25, 0.3) is 0 Å². The average Bonchev–Trinajstić information content (AvgIpc) is 2.90. The molecule has 4 nitrogen and oxygen atoms in total. The van der Waals surface area contributed by atoms with Gasteiger partial charge in [-0.25, -0.2) is 0 Å². The number of hydrogen-bond donors (Lipinski definition) is 1. The number of aryl methyl sites for hydroxylation is 1. The number of rotatable bonds is 3. The van der Waals surface area contributed by atoms with Gasteiger partial charge in [0, 0.05) is 17.6 Å². The predicted octanol–water partition coefficient (Wildman–Crippen LogP) is 2.58. The number of carbonyl (C=O) groups is 1. The standard InChI is InChI=1S/C14H16N2O2S/c1-9-6-7-11(13(17)15-9)14(18)16(3)10(2)12-5-4-8-19-12/h4-8,10H,1-3H3,(H,15,17). The third-order valence-electron chi connectivity index (χ3n) is 3.14. The van der Waals surface area contributed by atoms with Crippen molar-refractivity contribution in [2.24, 2.45) is 0 Å². The number of nitrogens with one attached hydrogen (secondary N) is 1. The molecule has 1 amide bonds. The molecule has 0 radical (unpaired) electrons. The third kappa shape index (κ3) is 2.76. The summed E-state index contributed by atoms with van der Waals surface area (Å²) >= 11 is 1.60. The van der Waals surface area contributed by atoms with E-state index in [0.717, 1.165) is 10.6 Å². The predicted molar refractivity (Wildman–Crippen MR) is 76.6 cm³/mol. The zero-order chi connectivity index (χ0) is 14.0. The number of hydrogen-bond acceptors (Lipinski definition) is 3. The van der Waals surface area contributed by atoms with Crippen LogP contribution in [0.5, 0.6) is 0 Å². The third-order valence-corrected chi connectivity index (χ3v) is 4.18. The van der Waals surface area contributed by atoms with Crippen molar-refractivity contribution >= 4 is 17.2 Å². The highest BCUT2D eigenvalue weighted by atomic mass is 32.1. The van der Waals surface area contributed by atoms with Crippen molar-refractivity contribution in [3.8, 4) is 0 Å². The maximum Gasteiger partial charge on any atom is 0.260 e. The number of pyridine rings is 1. The van der Waals surface area contributed by atoms with Crippen LogP contribution in [0, 0.1) is 6.92 Å². The second-order valence-corrected chi connectivity index (χ2v) is 5.47. The number of amides is 1. The normalized spacial score (nSPS) is 12.2. The first-order chi connectivity index (χ1) is 9.00.